The second-order valence-corrected chi connectivity index (χ2v) is 44.2. The number of thiophene rings is 1. The number of esters is 1. The summed E-state index contributed by atoms with van der Waals surface area (Å²) < 4.78 is 49.3. The van der Waals surface area contributed by atoms with Gasteiger partial charge in [0.15, 0.2) is 47.0 Å². The number of likely N-dealkylation sites (tertiary alicyclic amines) is 1. The molecule has 2 amide bonds. The second kappa shape index (κ2) is 61.9. The molecule has 142 heavy (non-hydrogen) atoms. The standard InChI is InChI=1S/C25H20O7S.C21H32N6O3.C21H25N3O3S2.C13H21Cl4NO2.C11H15NO.C10H20N2S4.ClH/c1-33(29,30)15-16-5-7-18(8-6-16)22-14-32-23-12-20(9-10-21(23)24(22)26)31-13-17-3-2-4-19(11-17)25(27)28;1-14(2)7-8-27-16(22-18-17(27)20(29)24(4)21(30)23(18)3)13-25-9-11-26(12-10-25)19(28)15-5-6-15;1-2-27-17(25)14-28-21-22-18-15-8-3-4-9-16(15)29-19(18)20(26)24(21)13-7-12-23-10-5-6-11-23;14-11(15)10(19)8-6-4-2-1-3-5-7-9-18-13(20)12(16)17;1-3-12(4-2)11-7-5-10(9-13)6-8-11;1-5-11(6-2)9(13)15-16-10(14)12(7-3)8-4;/h2-12,14H,13,15H2,1H3,(H,27,28);14-15H,5-13H2,1-4H3;3-4,8-9H,2,5-7,10-14H2,1H3;11-12H,1-9H2,(H,18,20);5-9H,3-4H2,1-2H3;5-8H2,1-4H3;1H. The van der Waals surface area contributed by atoms with Crippen molar-refractivity contribution in [3.05, 3.63) is 191 Å². The van der Waals surface area contributed by atoms with Crippen molar-refractivity contribution in [1.82, 2.24) is 58.1 Å². The number of aryl methyl sites for hydroxylation is 2. The topological polar surface area (TPSA) is 334 Å². The van der Waals surface area contributed by atoms with E-state index in [-0.39, 0.29) is 81.9 Å². The maximum atomic E-state index is 13.3. The number of ether oxygens (including phenoxy) is 2. The number of aromatic carboxylic acids is 1. The third kappa shape index (κ3) is 37.8. The molecule has 0 spiro atoms. The normalized spacial score (nSPS) is 13.0. The largest absolute Gasteiger partial charge is 0.489 e. The van der Waals surface area contributed by atoms with Crippen LogP contribution < -0.4 is 37.2 Å². The van der Waals surface area contributed by atoms with Crippen LogP contribution in [0.3, 0.4) is 0 Å². The first-order chi connectivity index (χ1) is 67.5. The predicted octanol–water partition coefficient (Wildman–Crippen LogP) is 19.4. The van der Waals surface area contributed by atoms with E-state index in [1.54, 1.807) is 94.7 Å². The first kappa shape index (κ1) is 120. The Labute approximate surface area is 885 Å². The molecule has 3 fully saturated rings. The number of thioether (sulfide) groups is 1. The summed E-state index contributed by atoms with van der Waals surface area (Å²) in [7, 11) is 3.22. The number of unbranched alkanes of at least 4 members (excludes halogenated alkanes) is 6. The molecule has 10 aromatic rings. The number of hydrogen-bond donors (Lipinski definition) is 2. The highest BCUT2D eigenvalue weighted by molar-refractivity contribution is 8.89. The number of ketones is 1. The van der Waals surface area contributed by atoms with E-state index in [0.29, 0.717) is 111 Å². The average Bonchev–Trinajstić information content (AvgIpc) is 1.59. The molecule has 29 nitrogen and oxygen atoms in total. The first-order valence-electron chi connectivity index (χ1n) is 48.0. The number of thiocarbonyl (C=S) groups is 2. The summed E-state index contributed by atoms with van der Waals surface area (Å²) in [5.41, 5.74) is 5.58. The molecule has 0 radical (unpaired) electrons. The number of hydrogen-bond acceptors (Lipinski definition) is 26. The molecular formula is C101H134Cl5N13O16S7. The fraction of sp³-hybridized carbons (Fsp3) is 0.505. The number of rotatable bonds is 41. The molecule has 776 valence electrons. The summed E-state index contributed by atoms with van der Waals surface area (Å²) in [5, 5.41) is 13.7. The number of imidazole rings is 1. The number of alkyl halides is 4. The van der Waals surface area contributed by atoms with Gasteiger partial charge in [-0.2, -0.15) is 0 Å². The third-order valence-corrected chi connectivity index (χ3v) is 31.3. The molecule has 0 bridgehead atoms. The van der Waals surface area contributed by atoms with Crippen LogP contribution in [0.4, 0.5) is 5.69 Å². The number of nitrogens with zero attached hydrogens (tertiary/aromatic N) is 12. The van der Waals surface area contributed by atoms with Gasteiger partial charge >= 0.3 is 17.6 Å². The van der Waals surface area contributed by atoms with Gasteiger partial charge in [-0.05, 0) is 218 Å². The second-order valence-electron chi connectivity index (χ2n) is 34.4. The van der Waals surface area contributed by atoms with E-state index in [2.05, 4.69) is 85.2 Å². The maximum Gasteiger partial charge on any atom is 0.335 e. The number of carboxylic acid groups (broad SMARTS) is 1. The number of aromatic nitrogens is 6. The van der Waals surface area contributed by atoms with Crippen LogP contribution in [0.5, 0.6) is 5.75 Å². The summed E-state index contributed by atoms with van der Waals surface area (Å²) in [6.07, 6.45) is 17.5. The minimum Gasteiger partial charge on any atom is -0.489 e. The van der Waals surface area contributed by atoms with E-state index in [1.807, 2.05) is 58.0 Å². The number of aldehydes is 1. The molecular weight excluding hydrogens is 2050 g/mol. The molecule has 5 aromatic heterocycles. The Bertz CT molecular complexity index is 6120. The average molecular weight is 2190 g/mol. The SMILES string of the molecule is CC(C)CCn1c(CN2CCN(C(=O)C3CC3)CC2)nc2c1c(=O)n(C)c(=O)n2C.CCN(CC)C(=S)SSC(=S)N(CC)CC.CCN(CC)c1ccc(C=O)cc1.CCOC(=O)CSc1nc2c(sc3ccccc32)c(=O)n1CCCN1CCCC1.CS(=O)(=O)Cc1ccc(-c2coc3cc(OCc4cccc(C(=O)O)c4)ccc3c2=O)cc1.Cl.O=C(CCCCCCCCCNC(=O)C(Cl)Cl)C(Cl)Cl. The fourth-order valence-corrected chi connectivity index (χ4v) is 21.7. The number of halogens is 5. The third-order valence-electron chi connectivity index (χ3n) is 23.7. The van der Waals surface area contributed by atoms with Gasteiger partial charge in [0.2, 0.25) is 5.91 Å². The molecule has 2 N–H and O–H groups in total. The molecule has 7 heterocycles. The summed E-state index contributed by atoms with van der Waals surface area (Å²) in [5.74, 6) is 0.695. The number of Topliss-reactive ketones (excluding diaryl/α,β-unsaturated/α-hetero) is 1. The molecule has 41 heteroatoms. The Morgan fingerprint density at radius 3 is 1.88 bits per heavy atom. The van der Waals surface area contributed by atoms with Crippen LogP contribution in [0.15, 0.2) is 150 Å². The summed E-state index contributed by atoms with van der Waals surface area (Å²) in [6.45, 7) is 34.0. The molecule has 3 aliphatic rings. The van der Waals surface area contributed by atoms with E-state index >= 15 is 0 Å². The molecule has 1 saturated carbocycles. The van der Waals surface area contributed by atoms with Crippen molar-refractivity contribution >= 4 is 230 Å². The van der Waals surface area contributed by atoms with E-state index in [0.717, 1.165) is 202 Å². The van der Waals surface area contributed by atoms with Crippen molar-refractivity contribution in [3.63, 3.8) is 0 Å². The quantitative estimate of drug-likeness (QED) is 0.00525. The van der Waals surface area contributed by atoms with Crippen molar-refractivity contribution in [1.29, 1.82) is 0 Å². The van der Waals surface area contributed by atoms with Crippen molar-refractivity contribution in [3.8, 4) is 16.9 Å². The smallest absolute Gasteiger partial charge is 0.335 e. The summed E-state index contributed by atoms with van der Waals surface area (Å²) >= 11 is 35.2. The summed E-state index contributed by atoms with van der Waals surface area (Å²) in [6, 6.07) is 33.7. The number of nitrogens with one attached hydrogen (secondary N) is 1. The van der Waals surface area contributed by atoms with Gasteiger partial charge in [-0.3, -0.25) is 57.0 Å². The van der Waals surface area contributed by atoms with Gasteiger partial charge in [-0.25, -0.2) is 28.0 Å². The highest BCUT2D eigenvalue weighted by Gasteiger charge is 2.35. The Morgan fingerprint density at radius 1 is 0.676 bits per heavy atom. The lowest BCUT2D eigenvalue weighted by molar-refractivity contribution is -0.140. The molecule has 5 aromatic carbocycles. The van der Waals surface area contributed by atoms with Crippen LogP contribution in [0, 0.1) is 11.8 Å². The zero-order valence-corrected chi connectivity index (χ0v) is 92.5. The Hall–Kier alpha value is -8.47. The van der Waals surface area contributed by atoms with E-state index in [4.69, 9.17) is 99.8 Å². The van der Waals surface area contributed by atoms with E-state index < -0.39 is 25.5 Å². The van der Waals surface area contributed by atoms with Gasteiger partial charge in [0.05, 0.1) is 46.7 Å². The number of sulfone groups is 1. The monoisotopic (exact) mass is 2180 g/mol. The number of amides is 2. The van der Waals surface area contributed by atoms with Crippen molar-refractivity contribution < 1.29 is 56.2 Å². The number of anilines is 1. The lowest BCUT2D eigenvalue weighted by Crippen LogP contribution is -2.49. The Kier molecular flexibility index (Phi) is 52.5. The molecule has 2 saturated heterocycles. The highest BCUT2D eigenvalue weighted by Crippen LogP contribution is 2.35. The maximum absolute atomic E-state index is 13.3. The first-order valence-corrected chi connectivity index (χ1v) is 56.5. The number of piperazine rings is 1. The number of fused-ring (bicyclic) bond motifs is 5. The zero-order chi connectivity index (χ0) is 103. The molecule has 2 aliphatic heterocycles. The van der Waals surface area contributed by atoms with Crippen molar-refractivity contribution in [2.75, 3.05) is 115 Å². The van der Waals surface area contributed by atoms with Crippen LogP contribution in [0.25, 0.3) is 53.6 Å². The molecule has 0 atom stereocenters. The molecule has 13 rings (SSSR count). The van der Waals surface area contributed by atoms with Crippen LogP contribution in [0.1, 0.15) is 190 Å². The van der Waals surface area contributed by atoms with Gasteiger partial charge < -0.3 is 53.4 Å². The van der Waals surface area contributed by atoms with Gasteiger partial charge in [-0.15, -0.1) is 23.7 Å². The Balaban J connectivity index is 0.000000237. The lowest BCUT2D eigenvalue weighted by atomic mass is 10.0. The van der Waals surface area contributed by atoms with E-state index in [9.17, 15) is 56.4 Å². The summed E-state index contributed by atoms with van der Waals surface area (Å²) in [4.78, 5) is 140. The van der Waals surface area contributed by atoms with E-state index in [1.165, 1.54) is 77.9 Å². The predicted molar refractivity (Wildman–Crippen MR) is 592 cm³/mol. The number of benzene rings is 5. The van der Waals surface area contributed by atoms with Crippen molar-refractivity contribution in [2.24, 2.45) is 25.9 Å². The van der Waals surface area contributed by atoms with Crippen LogP contribution in [-0.2, 0) is 79.8 Å². The van der Waals surface area contributed by atoms with Gasteiger partial charge in [0.25, 0.3) is 17.0 Å². The zero-order valence-electron chi connectivity index (χ0n) is 82.9. The fourth-order valence-electron chi connectivity index (χ4n) is 15.5. The van der Waals surface area contributed by atoms with Crippen LogP contribution in [-0.4, -0.2) is 231 Å². The molecule has 0 unspecified atom stereocenters. The molecule has 1 aliphatic carbocycles. The lowest BCUT2D eigenvalue weighted by Gasteiger charge is -2.34. The highest BCUT2D eigenvalue weighted by atomic mass is 35.5. The van der Waals surface area contributed by atoms with Crippen LogP contribution >= 0.6 is 128 Å². The number of carbonyl (C=O) groups is 6. The number of carboxylic acids is 1. The van der Waals surface area contributed by atoms with Gasteiger partial charge in [-0.1, -0.05) is 183 Å². The van der Waals surface area contributed by atoms with Gasteiger partial charge in [0.1, 0.15) is 49.7 Å². The minimum absolute atomic E-state index is 0. The van der Waals surface area contributed by atoms with Crippen molar-refractivity contribution in [2.45, 2.75) is 199 Å². The van der Waals surface area contributed by atoms with Crippen LogP contribution in [0.2, 0.25) is 0 Å². The minimum atomic E-state index is -3.14. The Morgan fingerprint density at radius 2 is 1.30 bits per heavy atom. The van der Waals surface area contributed by atoms with Gasteiger partial charge in [0, 0.05) is 145 Å². The number of carbonyl (C=O) groups excluding carboxylic acids is 5.